The maximum atomic E-state index is 13.4. The van der Waals surface area contributed by atoms with Gasteiger partial charge in [-0.2, -0.15) is 4.98 Å². The number of hydrogen-bond donors (Lipinski definition) is 0. The molecule has 0 N–H and O–H groups in total. The number of carbonyl (C=O) groups excluding carboxylic acids is 1. The van der Waals surface area contributed by atoms with Crippen LogP contribution in [0.4, 0.5) is 4.39 Å². The van der Waals surface area contributed by atoms with E-state index in [0.717, 1.165) is 13.0 Å². The Labute approximate surface area is 174 Å². The van der Waals surface area contributed by atoms with Gasteiger partial charge in [0.1, 0.15) is 11.6 Å². The summed E-state index contributed by atoms with van der Waals surface area (Å²) in [7, 11) is 1.59. The monoisotopic (exact) mass is 410 g/mol. The van der Waals surface area contributed by atoms with Gasteiger partial charge in [0.25, 0.3) is 5.91 Å². The zero-order valence-electron chi connectivity index (χ0n) is 16.8. The molecule has 2 aromatic carbocycles. The summed E-state index contributed by atoms with van der Waals surface area (Å²) >= 11 is 0. The van der Waals surface area contributed by atoms with Crippen molar-refractivity contribution in [1.29, 1.82) is 0 Å². The molecule has 1 aromatic heterocycles. The fourth-order valence-corrected chi connectivity index (χ4v) is 3.53. The van der Waals surface area contributed by atoms with Crippen LogP contribution in [0.15, 0.2) is 53.1 Å². The van der Waals surface area contributed by atoms with Crippen molar-refractivity contribution in [2.75, 3.05) is 33.3 Å². The van der Waals surface area contributed by atoms with Gasteiger partial charge in [0, 0.05) is 37.3 Å². The molecule has 3 aromatic rings. The standard InChI is InChI=1S/C22H23FN4O3/c1-29-19-8-3-6-17(14-19)22(28)27-10-4-9-26(11-12-27)15-20-24-21(25-30-20)16-5-2-7-18(23)13-16/h2-3,5-8,13-14H,4,9-12,15H2,1H3. The van der Waals surface area contributed by atoms with E-state index in [2.05, 4.69) is 15.0 Å². The minimum absolute atomic E-state index is 0.00179. The Hall–Kier alpha value is -3.26. The molecule has 4 rings (SSSR count). The number of benzene rings is 2. The molecule has 1 aliphatic heterocycles. The SMILES string of the molecule is COc1cccc(C(=O)N2CCCN(Cc3nc(-c4cccc(F)c4)no3)CC2)c1. The van der Waals surface area contributed by atoms with Crippen LogP contribution in [0.1, 0.15) is 22.7 Å². The third-order valence-corrected chi connectivity index (χ3v) is 5.10. The Morgan fingerprint density at radius 1 is 1.13 bits per heavy atom. The van der Waals surface area contributed by atoms with E-state index in [9.17, 15) is 9.18 Å². The molecule has 156 valence electrons. The fraction of sp³-hybridized carbons (Fsp3) is 0.318. The lowest BCUT2D eigenvalue weighted by Gasteiger charge is -2.21. The minimum Gasteiger partial charge on any atom is -0.497 e. The first kappa shape index (κ1) is 20.0. The molecule has 8 heteroatoms. The van der Waals surface area contributed by atoms with Crippen molar-refractivity contribution in [3.05, 3.63) is 65.8 Å². The summed E-state index contributed by atoms with van der Waals surface area (Å²) in [6.07, 6.45) is 0.848. The molecular formula is C22H23FN4O3. The van der Waals surface area contributed by atoms with Gasteiger partial charge in [-0.3, -0.25) is 9.69 Å². The molecule has 7 nitrogen and oxygen atoms in total. The average molecular weight is 410 g/mol. The highest BCUT2D eigenvalue weighted by Crippen LogP contribution is 2.19. The third-order valence-electron chi connectivity index (χ3n) is 5.10. The van der Waals surface area contributed by atoms with Crippen molar-refractivity contribution in [2.45, 2.75) is 13.0 Å². The first-order valence-electron chi connectivity index (χ1n) is 9.86. The lowest BCUT2D eigenvalue weighted by molar-refractivity contribution is 0.0760. The van der Waals surface area contributed by atoms with Crippen LogP contribution in [-0.4, -0.2) is 59.1 Å². The van der Waals surface area contributed by atoms with E-state index in [-0.39, 0.29) is 11.7 Å². The highest BCUT2D eigenvalue weighted by atomic mass is 19.1. The third kappa shape index (κ3) is 4.65. The minimum atomic E-state index is -0.341. The quantitative estimate of drug-likeness (QED) is 0.643. The van der Waals surface area contributed by atoms with Gasteiger partial charge in [0.2, 0.25) is 11.7 Å². The van der Waals surface area contributed by atoms with E-state index in [1.165, 1.54) is 12.1 Å². The van der Waals surface area contributed by atoms with Crippen LogP contribution < -0.4 is 4.74 Å². The van der Waals surface area contributed by atoms with Gasteiger partial charge in [0.05, 0.1) is 13.7 Å². The molecule has 1 aliphatic rings. The van der Waals surface area contributed by atoms with Crippen LogP contribution in [0.25, 0.3) is 11.4 Å². The van der Waals surface area contributed by atoms with Crippen molar-refractivity contribution in [1.82, 2.24) is 19.9 Å². The van der Waals surface area contributed by atoms with Crippen molar-refractivity contribution in [3.63, 3.8) is 0 Å². The number of aromatic nitrogens is 2. The maximum Gasteiger partial charge on any atom is 0.254 e. The van der Waals surface area contributed by atoms with Gasteiger partial charge < -0.3 is 14.2 Å². The lowest BCUT2D eigenvalue weighted by atomic mass is 10.2. The highest BCUT2D eigenvalue weighted by Gasteiger charge is 2.22. The smallest absolute Gasteiger partial charge is 0.254 e. The number of carbonyl (C=O) groups is 1. The Kier molecular flexibility index (Phi) is 6.04. The zero-order chi connectivity index (χ0) is 20.9. The summed E-state index contributed by atoms with van der Waals surface area (Å²) in [6, 6.07) is 13.3. The summed E-state index contributed by atoms with van der Waals surface area (Å²) in [6.45, 7) is 3.31. The first-order valence-corrected chi connectivity index (χ1v) is 9.86. The molecular weight excluding hydrogens is 387 g/mol. The van der Waals surface area contributed by atoms with Crippen LogP contribution in [-0.2, 0) is 6.54 Å². The molecule has 0 aliphatic carbocycles. The Morgan fingerprint density at radius 3 is 2.83 bits per heavy atom. The molecule has 0 spiro atoms. The number of amides is 1. The zero-order valence-corrected chi connectivity index (χ0v) is 16.8. The molecule has 0 bridgehead atoms. The highest BCUT2D eigenvalue weighted by molar-refractivity contribution is 5.94. The van der Waals surface area contributed by atoms with Gasteiger partial charge in [-0.05, 0) is 36.8 Å². The van der Waals surface area contributed by atoms with Gasteiger partial charge >= 0.3 is 0 Å². The number of rotatable bonds is 5. The molecule has 2 heterocycles. The summed E-state index contributed by atoms with van der Waals surface area (Å²) in [5.41, 5.74) is 1.20. The van der Waals surface area contributed by atoms with Gasteiger partial charge in [-0.1, -0.05) is 23.4 Å². The normalized spacial score (nSPS) is 15.1. The van der Waals surface area contributed by atoms with Crippen LogP contribution in [0, 0.1) is 5.82 Å². The molecule has 1 amide bonds. The number of nitrogens with zero attached hydrogens (tertiary/aromatic N) is 4. The lowest BCUT2D eigenvalue weighted by Crippen LogP contribution is -2.35. The van der Waals surface area contributed by atoms with Crippen LogP contribution >= 0.6 is 0 Å². The summed E-state index contributed by atoms with van der Waals surface area (Å²) in [5, 5.41) is 3.96. The molecule has 30 heavy (non-hydrogen) atoms. The van der Waals surface area contributed by atoms with Gasteiger partial charge in [-0.15, -0.1) is 0 Å². The topological polar surface area (TPSA) is 71.7 Å². The van der Waals surface area contributed by atoms with E-state index in [1.807, 2.05) is 17.0 Å². The predicted molar refractivity (Wildman–Crippen MR) is 108 cm³/mol. The Balaban J connectivity index is 1.37. The largest absolute Gasteiger partial charge is 0.497 e. The van der Waals surface area contributed by atoms with Crippen molar-refractivity contribution >= 4 is 5.91 Å². The maximum absolute atomic E-state index is 13.4. The van der Waals surface area contributed by atoms with Crippen LogP contribution in [0.2, 0.25) is 0 Å². The summed E-state index contributed by atoms with van der Waals surface area (Å²) in [4.78, 5) is 21.3. The van der Waals surface area contributed by atoms with E-state index < -0.39 is 0 Å². The summed E-state index contributed by atoms with van der Waals surface area (Å²) < 4.78 is 24.0. The fourth-order valence-electron chi connectivity index (χ4n) is 3.53. The average Bonchev–Trinajstić information content (AvgIpc) is 3.11. The van der Waals surface area contributed by atoms with E-state index >= 15 is 0 Å². The van der Waals surface area contributed by atoms with Crippen molar-refractivity contribution in [2.24, 2.45) is 0 Å². The predicted octanol–water partition coefficient (Wildman–Crippen LogP) is 3.23. The molecule has 1 fully saturated rings. The van der Waals surface area contributed by atoms with Crippen LogP contribution in [0.3, 0.4) is 0 Å². The second kappa shape index (κ2) is 9.04. The molecule has 0 radical (unpaired) electrons. The Morgan fingerprint density at radius 2 is 2.00 bits per heavy atom. The number of halogens is 1. The van der Waals surface area contributed by atoms with Crippen molar-refractivity contribution < 1.29 is 18.4 Å². The van der Waals surface area contributed by atoms with E-state index in [1.54, 1.807) is 31.4 Å². The molecule has 0 atom stereocenters. The number of hydrogen-bond acceptors (Lipinski definition) is 6. The Bertz CT molecular complexity index is 1020. The second-order valence-corrected chi connectivity index (χ2v) is 7.18. The second-order valence-electron chi connectivity index (χ2n) is 7.18. The molecule has 0 saturated carbocycles. The molecule has 0 unspecified atom stereocenters. The first-order chi connectivity index (χ1) is 14.6. The van der Waals surface area contributed by atoms with Crippen LogP contribution in [0.5, 0.6) is 5.75 Å². The van der Waals surface area contributed by atoms with Crippen molar-refractivity contribution in [3.8, 4) is 17.1 Å². The van der Waals surface area contributed by atoms with E-state index in [4.69, 9.17) is 9.26 Å². The van der Waals surface area contributed by atoms with Gasteiger partial charge in [0.15, 0.2) is 0 Å². The summed E-state index contributed by atoms with van der Waals surface area (Å²) in [5.74, 6) is 1.17. The van der Waals surface area contributed by atoms with Gasteiger partial charge in [-0.25, -0.2) is 4.39 Å². The van der Waals surface area contributed by atoms with E-state index in [0.29, 0.717) is 54.8 Å². The number of ether oxygens (including phenoxy) is 1. The number of methoxy groups -OCH3 is 1. The molecule has 1 saturated heterocycles.